The van der Waals surface area contributed by atoms with Crippen LogP contribution in [0.2, 0.25) is 0 Å². The van der Waals surface area contributed by atoms with Crippen LogP contribution >= 0.6 is 0 Å². The molecule has 0 saturated carbocycles. The highest BCUT2D eigenvalue weighted by atomic mass is 16.1. The van der Waals surface area contributed by atoms with Crippen LogP contribution in [0.25, 0.3) is 22.0 Å². The standard InChI is InChI=1S/C29H28N4O2/c1-19(34)31-25-8-6-22(7-9-25)26-10-11-28(35)33-17-21-13-24(29(26)33)18-32(16-21)15-20-12-23-4-2-3-5-27(23)30-14-20/h2-12,14,21,24H,13,15-18H2,1H3,(H,31,34)/t21-,24-/m0/s1. The fourth-order valence-electron chi connectivity index (χ4n) is 5.88. The quantitative estimate of drug-likeness (QED) is 0.478. The molecule has 0 radical (unpaired) electrons. The second kappa shape index (κ2) is 8.78. The van der Waals surface area contributed by atoms with Gasteiger partial charge >= 0.3 is 0 Å². The summed E-state index contributed by atoms with van der Waals surface area (Å²) in [4.78, 5) is 31.4. The molecule has 4 aromatic rings. The molecule has 2 atom stereocenters. The number of hydrogen-bond acceptors (Lipinski definition) is 4. The Labute approximate surface area is 204 Å². The van der Waals surface area contributed by atoms with Crippen LogP contribution in [0, 0.1) is 5.92 Å². The van der Waals surface area contributed by atoms with Crippen LogP contribution < -0.4 is 10.9 Å². The second-order valence-corrected chi connectivity index (χ2v) is 9.87. The number of carbonyl (C=O) groups is 1. The van der Waals surface area contributed by atoms with Gasteiger partial charge < -0.3 is 9.88 Å². The first-order valence-corrected chi connectivity index (χ1v) is 12.2. The van der Waals surface area contributed by atoms with E-state index in [1.165, 1.54) is 17.9 Å². The predicted octanol–water partition coefficient (Wildman–Crippen LogP) is 4.64. The van der Waals surface area contributed by atoms with Crippen molar-refractivity contribution >= 4 is 22.5 Å². The Bertz CT molecular complexity index is 1470. The molecule has 1 fully saturated rings. The third kappa shape index (κ3) is 4.26. The summed E-state index contributed by atoms with van der Waals surface area (Å²) in [6.07, 6.45) is 3.10. The summed E-state index contributed by atoms with van der Waals surface area (Å²) >= 11 is 0. The largest absolute Gasteiger partial charge is 0.326 e. The second-order valence-electron chi connectivity index (χ2n) is 9.87. The molecule has 4 heterocycles. The SMILES string of the molecule is CC(=O)Nc1ccc(-c2ccc(=O)n3c2[C@H]2C[C@@H](CN(Cc4cnc5ccccc5c4)C2)C3)cc1. The maximum absolute atomic E-state index is 12.8. The minimum Gasteiger partial charge on any atom is -0.326 e. The van der Waals surface area contributed by atoms with E-state index in [-0.39, 0.29) is 11.5 Å². The Hall–Kier alpha value is -3.77. The first kappa shape index (κ1) is 21.7. The van der Waals surface area contributed by atoms with Gasteiger partial charge in [-0.3, -0.25) is 19.5 Å². The number of rotatable bonds is 4. The molecular formula is C29H28N4O2. The van der Waals surface area contributed by atoms with Gasteiger partial charge in [-0.2, -0.15) is 0 Å². The molecule has 1 amide bonds. The lowest BCUT2D eigenvalue weighted by Crippen LogP contribution is -2.47. The number of fused-ring (bicyclic) bond motifs is 5. The summed E-state index contributed by atoms with van der Waals surface area (Å²) < 4.78 is 2.00. The number of benzene rings is 2. The fourth-order valence-corrected chi connectivity index (χ4v) is 5.88. The Morgan fingerprint density at radius 2 is 1.86 bits per heavy atom. The molecular weight excluding hydrogens is 436 g/mol. The van der Waals surface area contributed by atoms with Crippen LogP contribution in [0.4, 0.5) is 5.69 Å². The molecule has 176 valence electrons. The maximum Gasteiger partial charge on any atom is 0.250 e. The minimum atomic E-state index is -0.0867. The Morgan fingerprint density at radius 3 is 2.69 bits per heavy atom. The maximum atomic E-state index is 12.8. The van der Waals surface area contributed by atoms with Crippen LogP contribution in [0.5, 0.6) is 0 Å². The average Bonchev–Trinajstić information content (AvgIpc) is 2.85. The molecule has 0 aliphatic carbocycles. The molecule has 35 heavy (non-hydrogen) atoms. The summed E-state index contributed by atoms with van der Waals surface area (Å²) in [6, 6.07) is 22.0. The van der Waals surface area contributed by atoms with E-state index in [2.05, 4.69) is 33.4 Å². The summed E-state index contributed by atoms with van der Waals surface area (Å²) in [5, 5.41) is 3.99. The number of aromatic nitrogens is 2. The number of para-hydroxylation sites is 1. The highest BCUT2D eigenvalue weighted by Crippen LogP contribution is 2.40. The van der Waals surface area contributed by atoms with E-state index in [1.54, 1.807) is 6.07 Å². The van der Waals surface area contributed by atoms with E-state index in [1.807, 2.05) is 53.2 Å². The first-order valence-electron chi connectivity index (χ1n) is 12.2. The van der Waals surface area contributed by atoms with Gasteiger partial charge in [0.2, 0.25) is 5.91 Å². The molecule has 0 unspecified atom stereocenters. The van der Waals surface area contributed by atoms with Crippen molar-refractivity contribution in [3.63, 3.8) is 0 Å². The monoisotopic (exact) mass is 464 g/mol. The highest BCUT2D eigenvalue weighted by molar-refractivity contribution is 5.89. The van der Waals surface area contributed by atoms with Crippen LogP contribution in [0.15, 0.2) is 77.7 Å². The Balaban J connectivity index is 1.30. The predicted molar refractivity (Wildman–Crippen MR) is 138 cm³/mol. The number of anilines is 1. The summed E-state index contributed by atoms with van der Waals surface area (Å²) in [5.41, 5.74) is 6.42. The average molecular weight is 465 g/mol. The zero-order valence-corrected chi connectivity index (χ0v) is 19.8. The number of nitrogens with zero attached hydrogens (tertiary/aromatic N) is 3. The van der Waals surface area contributed by atoms with E-state index < -0.39 is 0 Å². The number of amides is 1. The molecule has 2 aliphatic rings. The number of likely N-dealkylation sites (tertiary alicyclic amines) is 1. The van der Waals surface area contributed by atoms with Crippen molar-refractivity contribution in [3.05, 3.63) is 94.5 Å². The Morgan fingerprint density at radius 1 is 1.03 bits per heavy atom. The van der Waals surface area contributed by atoms with Crippen molar-refractivity contribution in [2.75, 3.05) is 18.4 Å². The number of carbonyl (C=O) groups excluding carboxylic acids is 1. The molecule has 1 N–H and O–H groups in total. The highest BCUT2D eigenvalue weighted by Gasteiger charge is 2.36. The molecule has 2 bridgehead atoms. The van der Waals surface area contributed by atoms with Crippen molar-refractivity contribution in [3.8, 4) is 11.1 Å². The van der Waals surface area contributed by atoms with E-state index >= 15 is 0 Å². The zero-order chi connectivity index (χ0) is 23.9. The first-order chi connectivity index (χ1) is 17.0. The van der Waals surface area contributed by atoms with Gasteiger partial charge in [0.25, 0.3) is 5.56 Å². The fraction of sp³-hybridized carbons (Fsp3) is 0.276. The molecule has 6 rings (SSSR count). The number of pyridine rings is 2. The van der Waals surface area contributed by atoms with E-state index in [4.69, 9.17) is 0 Å². The van der Waals surface area contributed by atoms with Gasteiger partial charge in [0.1, 0.15) is 0 Å². The van der Waals surface area contributed by atoms with Crippen molar-refractivity contribution < 1.29 is 4.79 Å². The molecule has 0 spiro atoms. The van der Waals surface area contributed by atoms with E-state index in [0.29, 0.717) is 11.8 Å². The van der Waals surface area contributed by atoms with Crippen LogP contribution in [0.3, 0.4) is 0 Å². The Kier molecular flexibility index (Phi) is 5.46. The van der Waals surface area contributed by atoms with Crippen LogP contribution in [0.1, 0.15) is 30.5 Å². The topological polar surface area (TPSA) is 67.2 Å². The third-order valence-electron chi connectivity index (χ3n) is 7.24. The van der Waals surface area contributed by atoms with E-state index in [0.717, 1.165) is 60.6 Å². The smallest absolute Gasteiger partial charge is 0.250 e. The van der Waals surface area contributed by atoms with E-state index in [9.17, 15) is 9.59 Å². The number of nitrogens with one attached hydrogen (secondary N) is 1. The van der Waals surface area contributed by atoms with Crippen LogP contribution in [-0.4, -0.2) is 33.4 Å². The normalized spacial score (nSPS) is 19.3. The van der Waals surface area contributed by atoms with Gasteiger partial charge in [-0.05, 0) is 53.8 Å². The van der Waals surface area contributed by atoms with Gasteiger partial charge in [-0.15, -0.1) is 0 Å². The van der Waals surface area contributed by atoms with Gasteiger partial charge in [0.05, 0.1) is 5.52 Å². The lowest BCUT2D eigenvalue weighted by atomic mass is 9.80. The molecule has 6 heteroatoms. The lowest BCUT2D eigenvalue weighted by Gasteiger charge is -2.43. The molecule has 2 aromatic carbocycles. The van der Waals surface area contributed by atoms with Gasteiger partial charge in [-0.1, -0.05) is 30.3 Å². The summed E-state index contributed by atoms with van der Waals surface area (Å²) in [5.74, 6) is 0.677. The third-order valence-corrected chi connectivity index (χ3v) is 7.24. The number of hydrogen-bond donors (Lipinski definition) is 1. The molecule has 2 aliphatic heterocycles. The molecule has 6 nitrogen and oxygen atoms in total. The zero-order valence-electron chi connectivity index (χ0n) is 19.8. The number of piperidine rings is 1. The van der Waals surface area contributed by atoms with Gasteiger partial charge in [0, 0.05) is 73.6 Å². The lowest BCUT2D eigenvalue weighted by molar-refractivity contribution is -0.114. The molecule has 1 saturated heterocycles. The summed E-state index contributed by atoms with van der Waals surface area (Å²) in [7, 11) is 0. The van der Waals surface area contributed by atoms with Gasteiger partial charge in [0.15, 0.2) is 0 Å². The molecule has 2 aromatic heterocycles. The summed E-state index contributed by atoms with van der Waals surface area (Å²) in [6.45, 7) is 5.04. The van der Waals surface area contributed by atoms with Crippen molar-refractivity contribution in [2.24, 2.45) is 5.92 Å². The van der Waals surface area contributed by atoms with Crippen molar-refractivity contribution in [1.82, 2.24) is 14.5 Å². The van der Waals surface area contributed by atoms with Gasteiger partial charge in [-0.25, -0.2) is 0 Å². The van der Waals surface area contributed by atoms with Crippen molar-refractivity contribution in [1.29, 1.82) is 0 Å². The van der Waals surface area contributed by atoms with Crippen molar-refractivity contribution in [2.45, 2.75) is 32.4 Å². The minimum absolute atomic E-state index is 0.0838. The van der Waals surface area contributed by atoms with Crippen LogP contribution in [-0.2, 0) is 17.9 Å².